The highest BCUT2D eigenvalue weighted by molar-refractivity contribution is 5.04. The highest BCUT2D eigenvalue weighted by Gasteiger charge is 2.23. The standard InChI is InChI=1S/C19H31N3O/c1-15(2)18-11-19(23)22(14-20-18)13-17-7-9-21(10-8-17)12-16-5-3-4-6-16/h11,14-17H,3-10,12-13H2,1-2H3. The predicted octanol–water partition coefficient (Wildman–Crippen LogP) is 3.27. The normalized spacial score (nSPS) is 21.3. The van der Waals surface area contributed by atoms with E-state index in [0.29, 0.717) is 11.8 Å². The van der Waals surface area contributed by atoms with E-state index in [1.165, 1.54) is 58.2 Å². The van der Waals surface area contributed by atoms with Crippen molar-refractivity contribution in [1.82, 2.24) is 14.5 Å². The number of piperidine rings is 1. The lowest BCUT2D eigenvalue weighted by molar-refractivity contribution is 0.152. The second-order valence-corrected chi connectivity index (χ2v) is 7.85. The number of rotatable bonds is 5. The van der Waals surface area contributed by atoms with Crippen molar-refractivity contribution in [2.75, 3.05) is 19.6 Å². The van der Waals surface area contributed by atoms with Gasteiger partial charge in [-0.05, 0) is 56.5 Å². The molecule has 4 heteroatoms. The van der Waals surface area contributed by atoms with Gasteiger partial charge in [-0.3, -0.25) is 9.36 Å². The molecular formula is C19H31N3O. The summed E-state index contributed by atoms with van der Waals surface area (Å²) in [5.41, 5.74) is 1.01. The Kier molecular flexibility index (Phi) is 5.52. The Morgan fingerprint density at radius 2 is 1.74 bits per heavy atom. The second kappa shape index (κ2) is 7.61. The van der Waals surface area contributed by atoms with Gasteiger partial charge < -0.3 is 4.90 Å². The molecule has 2 aliphatic rings. The SMILES string of the molecule is CC(C)c1cc(=O)n(CC2CCN(CC3CCCC3)CC2)cn1. The third-order valence-electron chi connectivity index (χ3n) is 5.65. The van der Waals surface area contributed by atoms with Gasteiger partial charge in [0.25, 0.3) is 5.56 Å². The van der Waals surface area contributed by atoms with Crippen molar-refractivity contribution >= 4 is 0 Å². The molecule has 0 radical (unpaired) electrons. The Hall–Kier alpha value is -1.16. The number of hydrogen-bond donors (Lipinski definition) is 0. The van der Waals surface area contributed by atoms with E-state index in [9.17, 15) is 4.79 Å². The summed E-state index contributed by atoms with van der Waals surface area (Å²) in [6.45, 7) is 8.69. The van der Waals surface area contributed by atoms with Crippen LogP contribution in [-0.4, -0.2) is 34.1 Å². The Morgan fingerprint density at radius 1 is 1.09 bits per heavy atom. The molecule has 1 aliphatic carbocycles. The van der Waals surface area contributed by atoms with E-state index in [1.807, 2.05) is 4.57 Å². The topological polar surface area (TPSA) is 38.1 Å². The average molecular weight is 317 g/mol. The van der Waals surface area contributed by atoms with Crippen LogP contribution in [0.3, 0.4) is 0 Å². The molecule has 2 heterocycles. The van der Waals surface area contributed by atoms with E-state index < -0.39 is 0 Å². The zero-order valence-electron chi connectivity index (χ0n) is 14.7. The molecule has 0 unspecified atom stereocenters. The van der Waals surface area contributed by atoms with Gasteiger partial charge in [-0.25, -0.2) is 4.98 Å². The molecule has 1 saturated carbocycles. The summed E-state index contributed by atoms with van der Waals surface area (Å²) in [5.74, 6) is 1.89. The van der Waals surface area contributed by atoms with Crippen LogP contribution in [0, 0.1) is 11.8 Å². The van der Waals surface area contributed by atoms with E-state index in [4.69, 9.17) is 0 Å². The Balaban J connectivity index is 1.49. The van der Waals surface area contributed by atoms with E-state index in [0.717, 1.165) is 18.2 Å². The highest BCUT2D eigenvalue weighted by Crippen LogP contribution is 2.27. The van der Waals surface area contributed by atoms with E-state index in [1.54, 1.807) is 12.4 Å². The lowest BCUT2D eigenvalue weighted by Crippen LogP contribution is -2.38. The highest BCUT2D eigenvalue weighted by atomic mass is 16.1. The zero-order chi connectivity index (χ0) is 16.2. The van der Waals surface area contributed by atoms with Crippen LogP contribution in [0.5, 0.6) is 0 Å². The van der Waals surface area contributed by atoms with Gasteiger partial charge in [0.15, 0.2) is 0 Å². The molecule has 0 spiro atoms. The molecular weight excluding hydrogens is 286 g/mol. The fraction of sp³-hybridized carbons (Fsp3) is 0.789. The minimum Gasteiger partial charge on any atom is -0.303 e. The third kappa shape index (κ3) is 4.43. The van der Waals surface area contributed by atoms with Gasteiger partial charge in [0.1, 0.15) is 0 Å². The first-order valence-electron chi connectivity index (χ1n) is 9.40. The predicted molar refractivity (Wildman–Crippen MR) is 93.7 cm³/mol. The quantitative estimate of drug-likeness (QED) is 0.836. The van der Waals surface area contributed by atoms with Gasteiger partial charge in [-0.2, -0.15) is 0 Å². The molecule has 1 saturated heterocycles. The first kappa shape index (κ1) is 16.7. The molecule has 0 atom stereocenters. The maximum atomic E-state index is 12.2. The molecule has 0 N–H and O–H groups in total. The van der Waals surface area contributed by atoms with Gasteiger partial charge in [0.05, 0.1) is 12.0 Å². The number of nitrogens with zero attached hydrogens (tertiary/aromatic N) is 3. The molecule has 3 rings (SSSR count). The van der Waals surface area contributed by atoms with Crippen LogP contribution in [0.25, 0.3) is 0 Å². The van der Waals surface area contributed by atoms with Gasteiger partial charge in [-0.15, -0.1) is 0 Å². The lowest BCUT2D eigenvalue weighted by atomic mass is 9.95. The molecule has 128 valence electrons. The van der Waals surface area contributed by atoms with Crippen molar-refractivity contribution in [2.24, 2.45) is 11.8 Å². The zero-order valence-corrected chi connectivity index (χ0v) is 14.7. The lowest BCUT2D eigenvalue weighted by Gasteiger charge is -2.33. The molecule has 1 aliphatic heterocycles. The van der Waals surface area contributed by atoms with E-state index >= 15 is 0 Å². The monoisotopic (exact) mass is 317 g/mol. The molecule has 0 amide bonds. The molecule has 0 aromatic carbocycles. The summed E-state index contributed by atoms with van der Waals surface area (Å²) in [5, 5.41) is 0. The Labute approximate surface area is 139 Å². The summed E-state index contributed by atoms with van der Waals surface area (Å²) in [6.07, 6.45) is 9.91. The summed E-state index contributed by atoms with van der Waals surface area (Å²) in [7, 11) is 0. The summed E-state index contributed by atoms with van der Waals surface area (Å²) < 4.78 is 1.81. The Bertz CT molecular complexity index is 552. The largest absolute Gasteiger partial charge is 0.303 e. The number of likely N-dealkylation sites (tertiary alicyclic amines) is 1. The molecule has 2 fully saturated rings. The minimum absolute atomic E-state index is 0.108. The van der Waals surface area contributed by atoms with Crippen molar-refractivity contribution in [1.29, 1.82) is 0 Å². The van der Waals surface area contributed by atoms with Crippen molar-refractivity contribution < 1.29 is 0 Å². The number of aromatic nitrogens is 2. The first-order chi connectivity index (χ1) is 11.1. The summed E-state index contributed by atoms with van der Waals surface area (Å²) in [4.78, 5) is 19.3. The second-order valence-electron chi connectivity index (χ2n) is 7.85. The van der Waals surface area contributed by atoms with Crippen molar-refractivity contribution in [2.45, 2.75) is 64.8 Å². The van der Waals surface area contributed by atoms with Crippen LogP contribution < -0.4 is 5.56 Å². The number of hydrogen-bond acceptors (Lipinski definition) is 3. The van der Waals surface area contributed by atoms with E-state index in [-0.39, 0.29) is 5.56 Å². The fourth-order valence-corrected chi connectivity index (χ4v) is 4.08. The van der Waals surface area contributed by atoms with E-state index in [2.05, 4.69) is 23.7 Å². The maximum absolute atomic E-state index is 12.2. The molecule has 23 heavy (non-hydrogen) atoms. The first-order valence-corrected chi connectivity index (χ1v) is 9.40. The van der Waals surface area contributed by atoms with Crippen molar-refractivity contribution in [3.05, 3.63) is 28.4 Å². The maximum Gasteiger partial charge on any atom is 0.253 e. The van der Waals surface area contributed by atoms with Crippen LogP contribution in [0.2, 0.25) is 0 Å². The summed E-state index contributed by atoms with van der Waals surface area (Å²) >= 11 is 0. The van der Waals surface area contributed by atoms with Crippen LogP contribution in [0.15, 0.2) is 17.2 Å². The fourth-order valence-electron chi connectivity index (χ4n) is 4.08. The summed E-state index contributed by atoms with van der Waals surface area (Å²) in [6, 6.07) is 1.71. The van der Waals surface area contributed by atoms with Crippen molar-refractivity contribution in [3.63, 3.8) is 0 Å². The molecule has 1 aromatic rings. The van der Waals surface area contributed by atoms with Gasteiger partial charge in [0, 0.05) is 19.2 Å². The molecule has 0 bridgehead atoms. The van der Waals surface area contributed by atoms with Gasteiger partial charge >= 0.3 is 0 Å². The minimum atomic E-state index is 0.108. The van der Waals surface area contributed by atoms with Gasteiger partial charge in [-0.1, -0.05) is 26.7 Å². The van der Waals surface area contributed by atoms with Gasteiger partial charge in [0.2, 0.25) is 0 Å². The Morgan fingerprint density at radius 3 is 2.35 bits per heavy atom. The molecule has 4 nitrogen and oxygen atoms in total. The van der Waals surface area contributed by atoms with Crippen molar-refractivity contribution in [3.8, 4) is 0 Å². The third-order valence-corrected chi connectivity index (χ3v) is 5.65. The van der Waals surface area contributed by atoms with Crippen LogP contribution in [0.1, 0.15) is 64.0 Å². The van der Waals surface area contributed by atoms with Crippen LogP contribution in [0.4, 0.5) is 0 Å². The van der Waals surface area contributed by atoms with Crippen LogP contribution in [-0.2, 0) is 6.54 Å². The smallest absolute Gasteiger partial charge is 0.253 e. The molecule has 1 aromatic heterocycles. The van der Waals surface area contributed by atoms with Crippen LogP contribution >= 0.6 is 0 Å². The average Bonchev–Trinajstić information content (AvgIpc) is 3.04.